The molecule has 0 N–H and O–H groups in total. The Bertz CT molecular complexity index is 395. The fourth-order valence-electron chi connectivity index (χ4n) is 2.05. The smallest absolute Gasteiger partial charge is 0.166 e. The van der Waals surface area contributed by atoms with Crippen LogP contribution in [0.4, 0.5) is 4.39 Å². The highest BCUT2D eigenvalue weighted by Gasteiger charge is 2.24. The maximum atomic E-state index is 13.3. The van der Waals surface area contributed by atoms with Crippen molar-refractivity contribution < 1.29 is 13.9 Å². The van der Waals surface area contributed by atoms with Gasteiger partial charge in [-0.2, -0.15) is 0 Å². The van der Waals surface area contributed by atoms with Crippen LogP contribution in [0.15, 0.2) is 18.2 Å². The van der Waals surface area contributed by atoms with Crippen molar-refractivity contribution in [1.82, 2.24) is 0 Å². The Morgan fingerprint density at radius 2 is 2.06 bits per heavy atom. The van der Waals surface area contributed by atoms with Crippen LogP contribution in [-0.2, 0) is 4.74 Å². The van der Waals surface area contributed by atoms with E-state index in [9.17, 15) is 9.18 Å². The maximum absolute atomic E-state index is 13.3. The molecule has 86 valence electrons. The lowest BCUT2D eigenvalue weighted by Crippen LogP contribution is -2.24. The highest BCUT2D eigenvalue weighted by Crippen LogP contribution is 2.22. The van der Waals surface area contributed by atoms with Crippen molar-refractivity contribution in [2.75, 3.05) is 13.2 Å². The lowest BCUT2D eigenvalue weighted by atomic mass is 9.89. The normalized spacial score (nSPS) is 17.4. The lowest BCUT2D eigenvalue weighted by Gasteiger charge is -2.21. The van der Waals surface area contributed by atoms with Gasteiger partial charge in [0, 0.05) is 24.7 Å². The SMILES string of the molecule is Cc1c(F)cccc1C(=O)C1CCOCC1. The van der Waals surface area contributed by atoms with Gasteiger partial charge in [0.2, 0.25) is 0 Å². The van der Waals surface area contributed by atoms with E-state index >= 15 is 0 Å². The minimum absolute atomic E-state index is 0.00532. The number of halogens is 1. The molecule has 16 heavy (non-hydrogen) atoms. The largest absolute Gasteiger partial charge is 0.381 e. The zero-order valence-corrected chi connectivity index (χ0v) is 9.33. The second-order valence-corrected chi connectivity index (χ2v) is 4.16. The second-order valence-electron chi connectivity index (χ2n) is 4.16. The Morgan fingerprint density at radius 1 is 1.38 bits per heavy atom. The van der Waals surface area contributed by atoms with Gasteiger partial charge in [0.25, 0.3) is 0 Å². The number of ether oxygens (including phenoxy) is 1. The Balaban J connectivity index is 2.22. The molecule has 0 aromatic heterocycles. The quantitative estimate of drug-likeness (QED) is 0.719. The van der Waals surface area contributed by atoms with Crippen molar-refractivity contribution in [3.05, 3.63) is 35.1 Å². The van der Waals surface area contributed by atoms with Gasteiger partial charge in [-0.3, -0.25) is 4.79 Å². The van der Waals surface area contributed by atoms with E-state index in [1.807, 2.05) is 0 Å². The van der Waals surface area contributed by atoms with E-state index in [1.54, 1.807) is 19.1 Å². The Morgan fingerprint density at radius 3 is 2.75 bits per heavy atom. The molecule has 3 heteroatoms. The first-order chi connectivity index (χ1) is 7.70. The minimum atomic E-state index is -0.307. The molecule has 1 aliphatic rings. The first-order valence-electron chi connectivity index (χ1n) is 5.57. The number of ketones is 1. The zero-order valence-electron chi connectivity index (χ0n) is 9.33. The summed E-state index contributed by atoms with van der Waals surface area (Å²) in [7, 11) is 0. The van der Waals surface area contributed by atoms with Crippen LogP contribution in [0.1, 0.15) is 28.8 Å². The molecule has 0 bridgehead atoms. The monoisotopic (exact) mass is 222 g/mol. The van der Waals surface area contributed by atoms with E-state index in [0.29, 0.717) is 24.3 Å². The van der Waals surface area contributed by atoms with Crippen LogP contribution in [0.3, 0.4) is 0 Å². The molecule has 0 saturated carbocycles. The summed E-state index contributed by atoms with van der Waals surface area (Å²) in [6.07, 6.45) is 1.49. The predicted octanol–water partition coefficient (Wildman–Crippen LogP) is 2.74. The average Bonchev–Trinajstić information content (AvgIpc) is 2.33. The Hall–Kier alpha value is -1.22. The highest BCUT2D eigenvalue weighted by molar-refractivity contribution is 5.99. The van der Waals surface area contributed by atoms with Gasteiger partial charge in [-0.05, 0) is 31.4 Å². The third-order valence-electron chi connectivity index (χ3n) is 3.13. The molecule has 0 radical (unpaired) electrons. The van der Waals surface area contributed by atoms with Gasteiger partial charge in [-0.1, -0.05) is 12.1 Å². The van der Waals surface area contributed by atoms with Crippen molar-refractivity contribution in [3.63, 3.8) is 0 Å². The van der Waals surface area contributed by atoms with Crippen LogP contribution >= 0.6 is 0 Å². The topological polar surface area (TPSA) is 26.3 Å². The Kier molecular flexibility index (Phi) is 3.34. The van der Waals surface area contributed by atoms with Crippen LogP contribution < -0.4 is 0 Å². The molecule has 1 heterocycles. The third-order valence-corrected chi connectivity index (χ3v) is 3.13. The van der Waals surface area contributed by atoms with Crippen LogP contribution in [0.5, 0.6) is 0 Å². The van der Waals surface area contributed by atoms with Gasteiger partial charge >= 0.3 is 0 Å². The third kappa shape index (κ3) is 2.14. The molecular weight excluding hydrogens is 207 g/mol. The van der Waals surface area contributed by atoms with Gasteiger partial charge in [-0.25, -0.2) is 4.39 Å². The fraction of sp³-hybridized carbons (Fsp3) is 0.462. The van der Waals surface area contributed by atoms with Gasteiger partial charge in [0.05, 0.1) is 0 Å². The zero-order chi connectivity index (χ0) is 11.5. The van der Waals surface area contributed by atoms with E-state index in [4.69, 9.17) is 4.74 Å². The number of carbonyl (C=O) groups is 1. The number of rotatable bonds is 2. The summed E-state index contributed by atoms with van der Waals surface area (Å²) in [4.78, 5) is 12.2. The molecule has 0 amide bonds. The fourth-order valence-corrected chi connectivity index (χ4v) is 2.05. The van der Waals surface area contributed by atoms with Gasteiger partial charge < -0.3 is 4.74 Å². The molecule has 0 spiro atoms. The van der Waals surface area contributed by atoms with E-state index < -0.39 is 0 Å². The molecular formula is C13H15FO2. The number of hydrogen-bond acceptors (Lipinski definition) is 2. The average molecular weight is 222 g/mol. The molecule has 0 unspecified atom stereocenters. The number of Topliss-reactive ketones (excluding diaryl/α,β-unsaturated/α-hetero) is 1. The minimum Gasteiger partial charge on any atom is -0.381 e. The predicted molar refractivity (Wildman–Crippen MR) is 59.0 cm³/mol. The van der Waals surface area contributed by atoms with Crippen LogP contribution in [0, 0.1) is 18.7 Å². The molecule has 0 atom stereocenters. The van der Waals surface area contributed by atoms with E-state index in [1.165, 1.54) is 6.07 Å². The van der Waals surface area contributed by atoms with Gasteiger partial charge in [0.1, 0.15) is 5.82 Å². The maximum Gasteiger partial charge on any atom is 0.166 e. The van der Waals surface area contributed by atoms with E-state index in [-0.39, 0.29) is 17.5 Å². The van der Waals surface area contributed by atoms with Crippen LogP contribution in [0.2, 0.25) is 0 Å². The summed E-state index contributed by atoms with van der Waals surface area (Å²) in [5, 5.41) is 0. The van der Waals surface area contributed by atoms with Crippen molar-refractivity contribution >= 4 is 5.78 Å². The summed E-state index contributed by atoms with van der Waals surface area (Å²) in [5.74, 6) is -0.257. The van der Waals surface area contributed by atoms with Crippen molar-refractivity contribution in [2.24, 2.45) is 5.92 Å². The molecule has 1 aromatic rings. The summed E-state index contributed by atoms with van der Waals surface area (Å²) in [6, 6.07) is 4.68. The number of hydrogen-bond donors (Lipinski definition) is 0. The highest BCUT2D eigenvalue weighted by atomic mass is 19.1. The molecule has 2 nitrogen and oxygen atoms in total. The van der Waals surface area contributed by atoms with E-state index in [0.717, 1.165) is 12.8 Å². The first kappa shape index (κ1) is 11.3. The molecule has 1 aliphatic heterocycles. The summed E-state index contributed by atoms with van der Waals surface area (Å²) >= 11 is 0. The molecule has 1 aromatic carbocycles. The molecule has 1 fully saturated rings. The summed E-state index contributed by atoms with van der Waals surface area (Å²) in [5.41, 5.74) is 0.978. The molecule has 1 saturated heterocycles. The summed E-state index contributed by atoms with van der Waals surface area (Å²) in [6.45, 7) is 2.91. The van der Waals surface area contributed by atoms with Gasteiger partial charge in [-0.15, -0.1) is 0 Å². The first-order valence-corrected chi connectivity index (χ1v) is 5.57. The number of carbonyl (C=O) groups excluding carboxylic acids is 1. The van der Waals surface area contributed by atoms with Crippen molar-refractivity contribution in [1.29, 1.82) is 0 Å². The van der Waals surface area contributed by atoms with Crippen LogP contribution in [0.25, 0.3) is 0 Å². The Labute approximate surface area is 94.4 Å². The second kappa shape index (κ2) is 4.74. The standard InChI is InChI=1S/C13H15FO2/c1-9-11(3-2-4-12(9)14)13(15)10-5-7-16-8-6-10/h2-4,10H,5-8H2,1H3. The molecule has 0 aliphatic carbocycles. The van der Waals surface area contributed by atoms with Crippen molar-refractivity contribution in [3.8, 4) is 0 Å². The lowest BCUT2D eigenvalue weighted by molar-refractivity contribution is 0.0544. The molecule has 2 rings (SSSR count). The van der Waals surface area contributed by atoms with E-state index in [2.05, 4.69) is 0 Å². The van der Waals surface area contributed by atoms with Crippen LogP contribution in [-0.4, -0.2) is 19.0 Å². The van der Waals surface area contributed by atoms with Gasteiger partial charge in [0.15, 0.2) is 5.78 Å². The number of benzene rings is 1. The van der Waals surface area contributed by atoms with Crippen molar-refractivity contribution in [2.45, 2.75) is 19.8 Å². The summed E-state index contributed by atoms with van der Waals surface area (Å²) < 4.78 is 18.5.